The molecule has 3 nitrogen and oxygen atoms in total. The summed E-state index contributed by atoms with van der Waals surface area (Å²) >= 11 is 0. The maximum absolute atomic E-state index is 6.24. The Hall–Kier alpha value is -1.77. The summed E-state index contributed by atoms with van der Waals surface area (Å²) in [6.07, 6.45) is 2.59. The molecule has 3 rings (SSSR count). The van der Waals surface area contributed by atoms with Crippen molar-refractivity contribution in [1.82, 2.24) is 9.55 Å². The van der Waals surface area contributed by atoms with Gasteiger partial charge in [-0.1, -0.05) is 24.3 Å². The first-order chi connectivity index (χ1) is 8.72. The van der Waals surface area contributed by atoms with Crippen molar-refractivity contribution >= 4 is 5.82 Å². The summed E-state index contributed by atoms with van der Waals surface area (Å²) < 4.78 is 2.07. The van der Waals surface area contributed by atoms with Crippen LogP contribution in [-0.4, -0.2) is 9.55 Å². The second-order valence-corrected chi connectivity index (χ2v) is 5.00. The summed E-state index contributed by atoms with van der Waals surface area (Å²) in [6.45, 7) is 4.99. The summed E-state index contributed by atoms with van der Waals surface area (Å²) in [5.74, 6) is 2.51. The molecule has 0 atom stereocenters. The van der Waals surface area contributed by atoms with Gasteiger partial charge in [-0.2, -0.15) is 0 Å². The van der Waals surface area contributed by atoms with Crippen LogP contribution in [0.25, 0.3) is 11.3 Å². The van der Waals surface area contributed by atoms with Crippen molar-refractivity contribution in [2.24, 2.45) is 0 Å². The van der Waals surface area contributed by atoms with Crippen molar-refractivity contribution in [1.29, 1.82) is 0 Å². The van der Waals surface area contributed by atoms with Gasteiger partial charge < -0.3 is 10.3 Å². The molecule has 0 saturated heterocycles. The molecule has 1 fully saturated rings. The molecule has 1 aliphatic carbocycles. The van der Waals surface area contributed by atoms with E-state index >= 15 is 0 Å². The van der Waals surface area contributed by atoms with Crippen LogP contribution in [0.3, 0.4) is 0 Å². The quantitative estimate of drug-likeness (QED) is 0.895. The van der Waals surface area contributed by atoms with Crippen molar-refractivity contribution < 1.29 is 0 Å². The molecule has 1 aromatic carbocycles. The van der Waals surface area contributed by atoms with Crippen molar-refractivity contribution in [3.05, 3.63) is 35.7 Å². The second kappa shape index (κ2) is 4.16. The van der Waals surface area contributed by atoms with Crippen LogP contribution in [0.2, 0.25) is 0 Å². The van der Waals surface area contributed by atoms with Gasteiger partial charge in [0.2, 0.25) is 0 Å². The molecule has 94 valence electrons. The Labute approximate surface area is 108 Å². The van der Waals surface area contributed by atoms with Gasteiger partial charge in [-0.25, -0.2) is 4.98 Å². The number of anilines is 1. The second-order valence-electron chi connectivity index (χ2n) is 5.00. The first kappa shape index (κ1) is 11.3. The lowest BCUT2D eigenvalue weighted by molar-refractivity contribution is 0.739. The molecule has 0 amide bonds. The fraction of sp³-hybridized carbons (Fsp3) is 0.400. The fourth-order valence-electron chi connectivity index (χ4n) is 2.64. The topological polar surface area (TPSA) is 43.8 Å². The molecule has 0 aliphatic heterocycles. The number of hydrogen-bond donors (Lipinski definition) is 1. The van der Waals surface area contributed by atoms with Crippen LogP contribution in [-0.2, 0) is 6.54 Å². The molecular formula is C15H19N3. The molecule has 1 aliphatic rings. The van der Waals surface area contributed by atoms with Gasteiger partial charge in [-0.15, -0.1) is 0 Å². The van der Waals surface area contributed by atoms with E-state index in [4.69, 9.17) is 5.73 Å². The smallest absolute Gasteiger partial charge is 0.131 e. The number of nitrogens with zero attached hydrogens (tertiary/aromatic N) is 2. The molecule has 0 unspecified atom stereocenters. The number of imidazole rings is 1. The number of nitrogen functional groups attached to an aromatic ring is 1. The van der Waals surface area contributed by atoms with E-state index in [0.717, 1.165) is 23.9 Å². The molecular weight excluding hydrogens is 222 g/mol. The summed E-state index contributed by atoms with van der Waals surface area (Å²) in [5, 5.41) is 0. The van der Waals surface area contributed by atoms with Crippen molar-refractivity contribution in [2.75, 3.05) is 5.73 Å². The minimum Gasteiger partial charge on any atom is -0.383 e. The average Bonchev–Trinajstić information content (AvgIpc) is 3.17. The Kier molecular flexibility index (Phi) is 2.62. The summed E-state index contributed by atoms with van der Waals surface area (Å²) in [4.78, 5) is 4.66. The zero-order valence-corrected chi connectivity index (χ0v) is 11.0. The predicted molar refractivity (Wildman–Crippen MR) is 74.5 cm³/mol. The third kappa shape index (κ3) is 1.70. The average molecular weight is 241 g/mol. The number of nitrogens with two attached hydrogens (primary N) is 1. The van der Waals surface area contributed by atoms with E-state index in [1.54, 1.807) is 0 Å². The van der Waals surface area contributed by atoms with Gasteiger partial charge in [0, 0.05) is 12.1 Å². The van der Waals surface area contributed by atoms with Crippen molar-refractivity contribution in [3.63, 3.8) is 0 Å². The van der Waals surface area contributed by atoms with Gasteiger partial charge in [0.1, 0.15) is 17.3 Å². The predicted octanol–water partition coefficient (Wildman–Crippen LogP) is 3.34. The Morgan fingerprint density at radius 3 is 2.67 bits per heavy atom. The van der Waals surface area contributed by atoms with Crippen molar-refractivity contribution in [2.45, 2.75) is 39.2 Å². The minimum absolute atomic E-state index is 0.715. The Morgan fingerprint density at radius 1 is 1.33 bits per heavy atom. The van der Waals surface area contributed by atoms with Gasteiger partial charge in [-0.3, -0.25) is 0 Å². The third-order valence-electron chi connectivity index (χ3n) is 3.75. The van der Waals surface area contributed by atoms with Gasteiger partial charge in [-0.05, 0) is 38.2 Å². The first-order valence-electron chi connectivity index (χ1n) is 6.64. The lowest BCUT2D eigenvalue weighted by atomic mass is 10.0. The van der Waals surface area contributed by atoms with E-state index in [1.165, 1.54) is 24.0 Å². The molecule has 1 aromatic heterocycles. The van der Waals surface area contributed by atoms with Crippen LogP contribution in [0.15, 0.2) is 24.3 Å². The zero-order chi connectivity index (χ0) is 12.7. The van der Waals surface area contributed by atoms with Crippen LogP contribution >= 0.6 is 0 Å². The van der Waals surface area contributed by atoms with E-state index in [2.05, 4.69) is 40.7 Å². The maximum atomic E-state index is 6.24. The number of aromatic nitrogens is 2. The normalized spacial score (nSPS) is 15.0. The molecule has 0 radical (unpaired) electrons. The van der Waals surface area contributed by atoms with Crippen molar-refractivity contribution in [3.8, 4) is 11.3 Å². The SMILES string of the molecule is CCn1c(C)nc(-c2ccccc2C2CC2)c1N. The summed E-state index contributed by atoms with van der Waals surface area (Å²) in [5.41, 5.74) is 9.81. The number of benzene rings is 1. The Morgan fingerprint density at radius 2 is 2.06 bits per heavy atom. The van der Waals surface area contributed by atoms with E-state index < -0.39 is 0 Å². The molecule has 3 heteroatoms. The van der Waals surface area contributed by atoms with Gasteiger partial charge >= 0.3 is 0 Å². The molecule has 1 saturated carbocycles. The monoisotopic (exact) mass is 241 g/mol. The van der Waals surface area contributed by atoms with Crippen LogP contribution in [0.5, 0.6) is 0 Å². The number of aryl methyl sites for hydroxylation is 1. The molecule has 2 aromatic rings. The Balaban J connectivity index is 2.15. The van der Waals surface area contributed by atoms with E-state index in [0.29, 0.717) is 5.92 Å². The summed E-state index contributed by atoms with van der Waals surface area (Å²) in [7, 11) is 0. The van der Waals surface area contributed by atoms with Crippen LogP contribution in [0.1, 0.15) is 37.1 Å². The van der Waals surface area contributed by atoms with Crippen LogP contribution in [0.4, 0.5) is 5.82 Å². The van der Waals surface area contributed by atoms with E-state index in [-0.39, 0.29) is 0 Å². The molecule has 18 heavy (non-hydrogen) atoms. The highest BCUT2D eigenvalue weighted by molar-refractivity contribution is 5.74. The molecule has 0 spiro atoms. The number of hydrogen-bond acceptors (Lipinski definition) is 2. The van der Waals surface area contributed by atoms with Gasteiger partial charge in [0.05, 0.1) is 0 Å². The van der Waals surface area contributed by atoms with Gasteiger partial charge in [0.15, 0.2) is 0 Å². The number of rotatable bonds is 3. The third-order valence-corrected chi connectivity index (χ3v) is 3.75. The molecule has 0 bridgehead atoms. The Bertz CT molecular complexity index is 579. The maximum Gasteiger partial charge on any atom is 0.131 e. The van der Waals surface area contributed by atoms with Crippen LogP contribution in [0, 0.1) is 6.92 Å². The molecule has 1 heterocycles. The first-order valence-corrected chi connectivity index (χ1v) is 6.64. The van der Waals surface area contributed by atoms with Crippen LogP contribution < -0.4 is 5.73 Å². The largest absolute Gasteiger partial charge is 0.383 e. The highest BCUT2D eigenvalue weighted by Crippen LogP contribution is 2.45. The molecule has 2 N–H and O–H groups in total. The highest BCUT2D eigenvalue weighted by atomic mass is 15.1. The van der Waals surface area contributed by atoms with E-state index in [9.17, 15) is 0 Å². The standard InChI is InChI=1S/C15H19N3/c1-3-18-10(2)17-14(15(18)16)13-7-5-4-6-12(13)11-8-9-11/h4-7,11H,3,8-9,16H2,1-2H3. The lowest BCUT2D eigenvalue weighted by Crippen LogP contribution is -2.02. The zero-order valence-electron chi connectivity index (χ0n) is 11.0. The lowest BCUT2D eigenvalue weighted by Gasteiger charge is -2.08. The van der Waals surface area contributed by atoms with Gasteiger partial charge in [0.25, 0.3) is 0 Å². The highest BCUT2D eigenvalue weighted by Gasteiger charge is 2.27. The summed E-state index contributed by atoms with van der Waals surface area (Å²) in [6, 6.07) is 8.54. The van der Waals surface area contributed by atoms with E-state index in [1.807, 2.05) is 6.92 Å². The fourth-order valence-corrected chi connectivity index (χ4v) is 2.64. The minimum atomic E-state index is 0.715.